The summed E-state index contributed by atoms with van der Waals surface area (Å²) < 4.78 is 30.1. The number of nitrogens with zero attached hydrogens (tertiary/aromatic N) is 3. The molecular formula is C21H28BrN3O3S. The van der Waals surface area contributed by atoms with Crippen molar-refractivity contribution in [1.82, 2.24) is 13.8 Å². The average molecular weight is 482 g/mol. The molecule has 0 unspecified atom stereocenters. The molecule has 1 aromatic heterocycles. The Morgan fingerprint density at radius 3 is 2.41 bits per heavy atom. The van der Waals surface area contributed by atoms with Gasteiger partial charge in [-0.3, -0.25) is 4.79 Å². The highest BCUT2D eigenvalue weighted by atomic mass is 79.9. The standard InChI is InChI=1S/C21H28BrN3O3S/c1-5-12-25(29(27,28)20-10-8-18(22)9-11-20)16-21(26)24(14-17(2)3)15-19-7-6-13-23(19)4/h5-11,13,17H,1,12,14-16H2,2-4H3. The smallest absolute Gasteiger partial charge is 0.243 e. The van der Waals surface area contributed by atoms with E-state index in [1.807, 2.05) is 43.8 Å². The van der Waals surface area contributed by atoms with Crippen molar-refractivity contribution < 1.29 is 13.2 Å². The first-order valence-electron chi connectivity index (χ1n) is 9.39. The number of carbonyl (C=O) groups is 1. The molecule has 0 saturated carbocycles. The minimum atomic E-state index is -3.82. The molecule has 1 amide bonds. The summed E-state index contributed by atoms with van der Waals surface area (Å²) in [6, 6.07) is 10.3. The van der Waals surface area contributed by atoms with Gasteiger partial charge in [0, 0.05) is 36.5 Å². The third-order valence-electron chi connectivity index (χ3n) is 4.44. The molecule has 0 aliphatic carbocycles. The Morgan fingerprint density at radius 1 is 1.24 bits per heavy atom. The van der Waals surface area contributed by atoms with Crippen LogP contribution in [-0.4, -0.2) is 47.7 Å². The van der Waals surface area contributed by atoms with Crippen LogP contribution in [-0.2, 0) is 28.4 Å². The molecule has 0 N–H and O–H groups in total. The highest BCUT2D eigenvalue weighted by molar-refractivity contribution is 9.10. The van der Waals surface area contributed by atoms with E-state index in [9.17, 15) is 13.2 Å². The van der Waals surface area contributed by atoms with Crippen LogP contribution >= 0.6 is 15.9 Å². The van der Waals surface area contributed by atoms with Gasteiger partial charge in [-0.15, -0.1) is 6.58 Å². The first-order chi connectivity index (χ1) is 13.6. The van der Waals surface area contributed by atoms with Crippen molar-refractivity contribution in [3.8, 4) is 0 Å². The maximum absolute atomic E-state index is 13.1. The lowest BCUT2D eigenvalue weighted by atomic mass is 10.2. The van der Waals surface area contributed by atoms with Gasteiger partial charge in [0.2, 0.25) is 15.9 Å². The van der Waals surface area contributed by atoms with Crippen molar-refractivity contribution >= 4 is 31.9 Å². The molecule has 0 aliphatic heterocycles. The van der Waals surface area contributed by atoms with Gasteiger partial charge in [-0.2, -0.15) is 4.31 Å². The molecule has 6 nitrogen and oxygen atoms in total. The Morgan fingerprint density at radius 2 is 1.90 bits per heavy atom. The molecule has 1 heterocycles. The number of amides is 1. The van der Waals surface area contributed by atoms with E-state index in [-0.39, 0.29) is 29.8 Å². The van der Waals surface area contributed by atoms with Gasteiger partial charge in [0.15, 0.2) is 0 Å². The molecule has 0 radical (unpaired) electrons. The number of benzene rings is 1. The molecule has 0 spiro atoms. The molecule has 2 rings (SSSR count). The van der Waals surface area contributed by atoms with E-state index in [0.717, 1.165) is 10.2 Å². The van der Waals surface area contributed by atoms with Crippen LogP contribution in [0.3, 0.4) is 0 Å². The molecule has 0 saturated heterocycles. The van der Waals surface area contributed by atoms with E-state index in [1.165, 1.54) is 22.5 Å². The van der Waals surface area contributed by atoms with Crippen LogP contribution in [0.2, 0.25) is 0 Å². The van der Waals surface area contributed by atoms with Gasteiger partial charge in [0.1, 0.15) is 0 Å². The third-order valence-corrected chi connectivity index (χ3v) is 6.79. The summed E-state index contributed by atoms with van der Waals surface area (Å²) in [5.41, 5.74) is 0.991. The van der Waals surface area contributed by atoms with Gasteiger partial charge in [-0.25, -0.2) is 8.42 Å². The van der Waals surface area contributed by atoms with E-state index >= 15 is 0 Å². The Balaban J connectivity index is 2.25. The molecule has 1 aromatic carbocycles. The Hall–Kier alpha value is -1.90. The number of aryl methyl sites for hydroxylation is 1. The van der Waals surface area contributed by atoms with Crippen molar-refractivity contribution in [2.45, 2.75) is 25.3 Å². The quantitative estimate of drug-likeness (QED) is 0.486. The normalized spacial score (nSPS) is 11.8. The van der Waals surface area contributed by atoms with Crippen LogP contribution in [0.4, 0.5) is 0 Å². The van der Waals surface area contributed by atoms with E-state index in [2.05, 4.69) is 22.5 Å². The van der Waals surface area contributed by atoms with Crippen molar-refractivity contribution in [1.29, 1.82) is 0 Å². The predicted octanol–water partition coefficient (Wildman–Crippen LogP) is 3.65. The lowest BCUT2D eigenvalue weighted by Gasteiger charge is -2.28. The maximum Gasteiger partial charge on any atom is 0.243 e. The Kier molecular flexibility index (Phi) is 8.24. The van der Waals surface area contributed by atoms with E-state index in [1.54, 1.807) is 17.0 Å². The molecule has 8 heteroatoms. The fourth-order valence-corrected chi connectivity index (χ4v) is 4.57. The van der Waals surface area contributed by atoms with Gasteiger partial charge in [-0.1, -0.05) is 35.9 Å². The van der Waals surface area contributed by atoms with Crippen LogP contribution in [0, 0.1) is 5.92 Å². The fraction of sp³-hybridized carbons (Fsp3) is 0.381. The van der Waals surface area contributed by atoms with Crippen molar-refractivity contribution in [3.63, 3.8) is 0 Å². The van der Waals surface area contributed by atoms with E-state index in [0.29, 0.717) is 13.1 Å². The molecule has 0 atom stereocenters. The zero-order valence-electron chi connectivity index (χ0n) is 17.1. The SMILES string of the molecule is C=CCN(CC(=O)N(Cc1cccn1C)CC(C)C)S(=O)(=O)c1ccc(Br)cc1. The molecule has 158 valence electrons. The Labute approximate surface area is 182 Å². The lowest BCUT2D eigenvalue weighted by molar-refractivity contribution is -0.132. The number of hydrogen-bond donors (Lipinski definition) is 0. The summed E-state index contributed by atoms with van der Waals surface area (Å²) in [5.74, 6) is 0.0255. The average Bonchev–Trinajstić information content (AvgIpc) is 3.05. The van der Waals surface area contributed by atoms with Crippen LogP contribution in [0.15, 0.2) is 64.6 Å². The number of rotatable bonds is 10. The van der Waals surface area contributed by atoms with Gasteiger partial charge < -0.3 is 9.47 Å². The van der Waals surface area contributed by atoms with E-state index < -0.39 is 10.0 Å². The van der Waals surface area contributed by atoms with Gasteiger partial charge in [-0.05, 0) is 42.3 Å². The second kappa shape index (κ2) is 10.2. The molecule has 0 bridgehead atoms. The number of aromatic nitrogens is 1. The fourth-order valence-electron chi connectivity index (χ4n) is 2.95. The van der Waals surface area contributed by atoms with Gasteiger partial charge >= 0.3 is 0 Å². The van der Waals surface area contributed by atoms with Crippen molar-refractivity contribution in [3.05, 3.63) is 65.4 Å². The largest absolute Gasteiger partial charge is 0.353 e. The molecular weight excluding hydrogens is 454 g/mol. The van der Waals surface area contributed by atoms with Crippen LogP contribution < -0.4 is 0 Å². The van der Waals surface area contributed by atoms with Crippen molar-refractivity contribution in [2.24, 2.45) is 13.0 Å². The summed E-state index contributed by atoms with van der Waals surface area (Å²) in [5, 5.41) is 0. The number of halogens is 1. The van der Waals surface area contributed by atoms with Crippen LogP contribution in [0.1, 0.15) is 19.5 Å². The summed E-state index contributed by atoms with van der Waals surface area (Å²) >= 11 is 3.31. The Bertz CT molecular complexity index is 936. The number of sulfonamides is 1. The zero-order chi connectivity index (χ0) is 21.6. The van der Waals surface area contributed by atoms with Crippen molar-refractivity contribution in [2.75, 3.05) is 19.6 Å². The second-order valence-electron chi connectivity index (χ2n) is 7.32. The maximum atomic E-state index is 13.1. The highest BCUT2D eigenvalue weighted by Gasteiger charge is 2.28. The van der Waals surface area contributed by atoms with E-state index in [4.69, 9.17) is 0 Å². The zero-order valence-corrected chi connectivity index (χ0v) is 19.5. The molecule has 2 aromatic rings. The summed E-state index contributed by atoms with van der Waals surface area (Å²) in [4.78, 5) is 15.0. The predicted molar refractivity (Wildman–Crippen MR) is 119 cm³/mol. The molecule has 0 fully saturated rings. The minimum Gasteiger partial charge on any atom is -0.353 e. The summed E-state index contributed by atoms with van der Waals surface area (Å²) in [7, 11) is -1.89. The van der Waals surface area contributed by atoms with Gasteiger partial charge in [0.25, 0.3) is 0 Å². The first-order valence-corrected chi connectivity index (χ1v) is 11.6. The van der Waals surface area contributed by atoms with Gasteiger partial charge in [0.05, 0.1) is 18.0 Å². The number of carbonyl (C=O) groups excluding carboxylic acids is 1. The third kappa shape index (κ3) is 6.29. The monoisotopic (exact) mass is 481 g/mol. The molecule has 0 aliphatic rings. The molecule has 29 heavy (non-hydrogen) atoms. The summed E-state index contributed by atoms with van der Waals surface area (Å²) in [6.45, 7) is 8.52. The van der Waals surface area contributed by atoms with Crippen LogP contribution in [0.25, 0.3) is 0 Å². The van der Waals surface area contributed by atoms with Crippen LogP contribution in [0.5, 0.6) is 0 Å². The second-order valence-corrected chi connectivity index (χ2v) is 10.2. The lowest BCUT2D eigenvalue weighted by Crippen LogP contribution is -2.44. The minimum absolute atomic E-state index is 0.0593. The topological polar surface area (TPSA) is 62.6 Å². The number of hydrogen-bond acceptors (Lipinski definition) is 3. The first kappa shape index (κ1) is 23.4. The highest BCUT2D eigenvalue weighted by Crippen LogP contribution is 2.19. The summed E-state index contributed by atoms with van der Waals surface area (Å²) in [6.07, 6.45) is 3.42.